The number of ether oxygens (including phenoxy) is 1. The summed E-state index contributed by atoms with van der Waals surface area (Å²) in [5, 5.41) is 13.5. The fraction of sp³-hybridized carbons (Fsp3) is 0.429. The Morgan fingerprint density at radius 1 is 1.29 bits per heavy atom. The van der Waals surface area contributed by atoms with E-state index < -0.39 is 0 Å². The third-order valence-corrected chi connectivity index (χ3v) is 2.83. The second-order valence-corrected chi connectivity index (χ2v) is 5.03. The number of hydrogen-bond donors (Lipinski definition) is 1. The summed E-state index contributed by atoms with van der Waals surface area (Å²) >= 11 is 0. The molecular formula is C14H19N5O2. The first-order valence-corrected chi connectivity index (χ1v) is 6.81. The minimum atomic E-state index is -0.141. The third-order valence-electron chi connectivity index (χ3n) is 2.83. The number of benzene rings is 1. The Kier molecular flexibility index (Phi) is 4.86. The predicted octanol–water partition coefficient (Wildman–Crippen LogP) is 1.34. The van der Waals surface area contributed by atoms with Crippen molar-refractivity contribution in [2.75, 3.05) is 0 Å². The topological polar surface area (TPSA) is 81.9 Å². The molecule has 2 rings (SSSR count). The maximum atomic E-state index is 11.9. The summed E-state index contributed by atoms with van der Waals surface area (Å²) in [7, 11) is 0. The molecule has 0 spiro atoms. The summed E-state index contributed by atoms with van der Waals surface area (Å²) in [4.78, 5) is 11.9. The van der Waals surface area contributed by atoms with Crippen LogP contribution in [0.1, 0.15) is 32.4 Å². The molecule has 21 heavy (non-hydrogen) atoms. The Morgan fingerprint density at radius 2 is 2.00 bits per heavy atom. The van der Waals surface area contributed by atoms with Gasteiger partial charge in [-0.2, -0.15) is 0 Å². The standard InChI is InChI=1S/C14H19N5O2/c1-10(2)21-13-6-4-12(5-7-13)11(3)16-14(20)8-19-9-15-17-18-19/h4-7,9-11H,8H2,1-3H3,(H,16,20)/t11-/m0/s1. The van der Waals surface area contributed by atoms with E-state index in [1.165, 1.54) is 11.0 Å². The number of tetrazole rings is 1. The van der Waals surface area contributed by atoms with Gasteiger partial charge in [0.15, 0.2) is 0 Å². The monoisotopic (exact) mass is 289 g/mol. The van der Waals surface area contributed by atoms with Gasteiger partial charge in [0, 0.05) is 0 Å². The average molecular weight is 289 g/mol. The number of carbonyl (C=O) groups is 1. The molecule has 1 heterocycles. The van der Waals surface area contributed by atoms with Crippen LogP contribution in [0, 0.1) is 0 Å². The van der Waals surface area contributed by atoms with Gasteiger partial charge in [0.1, 0.15) is 18.6 Å². The lowest BCUT2D eigenvalue weighted by molar-refractivity contribution is -0.122. The molecule has 7 heteroatoms. The highest BCUT2D eigenvalue weighted by Crippen LogP contribution is 2.18. The van der Waals surface area contributed by atoms with Gasteiger partial charge < -0.3 is 10.1 Å². The summed E-state index contributed by atoms with van der Waals surface area (Å²) in [5.74, 6) is 0.679. The van der Waals surface area contributed by atoms with E-state index in [4.69, 9.17) is 4.74 Å². The smallest absolute Gasteiger partial charge is 0.242 e. The van der Waals surface area contributed by atoms with Crippen molar-refractivity contribution in [1.29, 1.82) is 0 Å². The molecule has 0 aliphatic carbocycles. The van der Waals surface area contributed by atoms with Crippen LogP contribution in [0.5, 0.6) is 5.75 Å². The van der Waals surface area contributed by atoms with E-state index in [1.54, 1.807) is 0 Å². The average Bonchev–Trinajstić information content (AvgIpc) is 2.91. The molecule has 0 fully saturated rings. The molecule has 0 saturated carbocycles. The Morgan fingerprint density at radius 3 is 2.57 bits per heavy atom. The zero-order valence-corrected chi connectivity index (χ0v) is 12.4. The van der Waals surface area contributed by atoms with Crippen LogP contribution < -0.4 is 10.1 Å². The maximum Gasteiger partial charge on any atom is 0.242 e. The molecule has 0 aliphatic rings. The second kappa shape index (κ2) is 6.83. The van der Waals surface area contributed by atoms with Crippen LogP contribution in [-0.4, -0.2) is 32.2 Å². The summed E-state index contributed by atoms with van der Waals surface area (Å²) in [6.07, 6.45) is 1.55. The highest BCUT2D eigenvalue weighted by molar-refractivity contribution is 5.76. The van der Waals surface area contributed by atoms with E-state index >= 15 is 0 Å². The number of hydrogen-bond acceptors (Lipinski definition) is 5. The Hall–Kier alpha value is -2.44. The van der Waals surface area contributed by atoms with Gasteiger partial charge in [0.2, 0.25) is 5.91 Å². The number of aromatic nitrogens is 4. The van der Waals surface area contributed by atoms with Gasteiger partial charge in [0.05, 0.1) is 12.1 Å². The molecule has 2 aromatic rings. The minimum absolute atomic E-state index is 0.0953. The van der Waals surface area contributed by atoms with Crippen molar-refractivity contribution in [3.63, 3.8) is 0 Å². The zero-order valence-electron chi connectivity index (χ0n) is 12.4. The molecule has 0 bridgehead atoms. The van der Waals surface area contributed by atoms with E-state index in [0.29, 0.717) is 0 Å². The molecule has 1 aromatic heterocycles. The van der Waals surface area contributed by atoms with Crippen LogP contribution in [0.25, 0.3) is 0 Å². The summed E-state index contributed by atoms with van der Waals surface area (Å²) in [5.41, 5.74) is 1.01. The highest BCUT2D eigenvalue weighted by Gasteiger charge is 2.11. The van der Waals surface area contributed by atoms with Crippen LogP contribution in [0.4, 0.5) is 0 Å². The summed E-state index contributed by atoms with van der Waals surface area (Å²) in [6, 6.07) is 7.60. The van der Waals surface area contributed by atoms with Crippen LogP contribution in [0.15, 0.2) is 30.6 Å². The number of nitrogens with one attached hydrogen (secondary N) is 1. The van der Waals surface area contributed by atoms with E-state index in [-0.39, 0.29) is 24.6 Å². The van der Waals surface area contributed by atoms with Gasteiger partial charge in [-0.15, -0.1) is 5.10 Å². The molecule has 1 aromatic carbocycles. The van der Waals surface area contributed by atoms with Gasteiger partial charge in [-0.05, 0) is 48.9 Å². The van der Waals surface area contributed by atoms with Crippen LogP contribution in [0.3, 0.4) is 0 Å². The molecule has 1 N–H and O–H groups in total. The second-order valence-electron chi connectivity index (χ2n) is 5.03. The molecule has 0 aliphatic heterocycles. The molecule has 0 radical (unpaired) electrons. The van der Waals surface area contributed by atoms with Crippen molar-refractivity contribution in [2.45, 2.75) is 39.5 Å². The summed E-state index contributed by atoms with van der Waals surface area (Å²) < 4.78 is 6.96. The largest absolute Gasteiger partial charge is 0.491 e. The van der Waals surface area contributed by atoms with Crippen LogP contribution in [-0.2, 0) is 11.3 Å². The van der Waals surface area contributed by atoms with Crippen molar-refractivity contribution in [3.8, 4) is 5.75 Å². The van der Waals surface area contributed by atoms with Crippen LogP contribution >= 0.6 is 0 Å². The van der Waals surface area contributed by atoms with Crippen LogP contribution in [0.2, 0.25) is 0 Å². The lowest BCUT2D eigenvalue weighted by atomic mass is 10.1. The van der Waals surface area contributed by atoms with Crippen molar-refractivity contribution >= 4 is 5.91 Å². The van der Waals surface area contributed by atoms with Crippen molar-refractivity contribution in [3.05, 3.63) is 36.2 Å². The number of rotatable bonds is 6. The number of amides is 1. The summed E-state index contributed by atoms with van der Waals surface area (Å²) in [6.45, 7) is 5.99. The Bertz CT molecular complexity index is 566. The normalized spacial score (nSPS) is 12.2. The van der Waals surface area contributed by atoms with Crippen molar-refractivity contribution in [1.82, 2.24) is 25.5 Å². The van der Waals surface area contributed by atoms with Gasteiger partial charge in [-0.3, -0.25) is 4.79 Å². The first kappa shape index (κ1) is 15.0. The van der Waals surface area contributed by atoms with E-state index in [2.05, 4.69) is 20.8 Å². The number of nitrogens with zero attached hydrogens (tertiary/aromatic N) is 4. The molecule has 1 amide bonds. The molecule has 0 saturated heterocycles. The quantitative estimate of drug-likeness (QED) is 0.867. The first-order valence-electron chi connectivity index (χ1n) is 6.81. The van der Waals surface area contributed by atoms with Gasteiger partial charge >= 0.3 is 0 Å². The van der Waals surface area contributed by atoms with Crippen molar-refractivity contribution < 1.29 is 9.53 Å². The van der Waals surface area contributed by atoms with E-state index in [9.17, 15) is 4.79 Å². The Labute approximate surface area is 123 Å². The molecule has 7 nitrogen and oxygen atoms in total. The minimum Gasteiger partial charge on any atom is -0.491 e. The lowest BCUT2D eigenvalue weighted by Crippen LogP contribution is -2.30. The number of carbonyl (C=O) groups excluding carboxylic acids is 1. The van der Waals surface area contributed by atoms with E-state index in [0.717, 1.165) is 11.3 Å². The molecule has 0 unspecified atom stereocenters. The third kappa shape index (κ3) is 4.55. The van der Waals surface area contributed by atoms with Gasteiger partial charge in [0.25, 0.3) is 0 Å². The maximum absolute atomic E-state index is 11.9. The van der Waals surface area contributed by atoms with Gasteiger partial charge in [-0.1, -0.05) is 12.1 Å². The SMILES string of the molecule is CC(C)Oc1ccc([C@H](C)NC(=O)Cn2cnnn2)cc1. The molecule has 1 atom stereocenters. The predicted molar refractivity (Wildman–Crippen MR) is 76.6 cm³/mol. The molecule has 112 valence electrons. The van der Waals surface area contributed by atoms with E-state index in [1.807, 2.05) is 45.0 Å². The van der Waals surface area contributed by atoms with Crippen molar-refractivity contribution in [2.24, 2.45) is 0 Å². The Balaban J connectivity index is 1.90. The zero-order chi connectivity index (χ0) is 15.2. The molecular weight excluding hydrogens is 270 g/mol. The lowest BCUT2D eigenvalue weighted by Gasteiger charge is -2.15. The highest BCUT2D eigenvalue weighted by atomic mass is 16.5. The fourth-order valence-electron chi connectivity index (χ4n) is 1.88. The first-order chi connectivity index (χ1) is 10.0. The van der Waals surface area contributed by atoms with Gasteiger partial charge in [-0.25, -0.2) is 4.68 Å². The fourth-order valence-corrected chi connectivity index (χ4v) is 1.88.